The first-order valence-electron chi connectivity index (χ1n) is 8.43. The molecule has 1 unspecified atom stereocenters. The minimum Gasteiger partial charge on any atom is -0.497 e. The number of nitrogens with zero attached hydrogens (tertiary/aromatic N) is 2. The van der Waals surface area contributed by atoms with Crippen molar-refractivity contribution >= 4 is 11.7 Å². The van der Waals surface area contributed by atoms with E-state index in [9.17, 15) is 4.79 Å². The molecular weight excluding hydrogens is 318 g/mol. The van der Waals surface area contributed by atoms with Gasteiger partial charge in [0.15, 0.2) is 0 Å². The van der Waals surface area contributed by atoms with Gasteiger partial charge in [-0.25, -0.2) is 4.98 Å². The summed E-state index contributed by atoms with van der Waals surface area (Å²) >= 11 is 0. The summed E-state index contributed by atoms with van der Waals surface area (Å²) in [5.74, 6) is 2.36. The van der Waals surface area contributed by atoms with E-state index in [2.05, 4.69) is 9.88 Å². The summed E-state index contributed by atoms with van der Waals surface area (Å²) in [6.45, 7) is 2.41. The molecule has 0 saturated carbocycles. The van der Waals surface area contributed by atoms with E-state index in [-0.39, 0.29) is 0 Å². The maximum Gasteiger partial charge on any atom is 0.248 e. The lowest BCUT2D eigenvalue weighted by Crippen LogP contribution is -2.38. The molecule has 0 bridgehead atoms. The number of carbonyl (C=O) groups is 1. The van der Waals surface area contributed by atoms with Crippen LogP contribution in [0.4, 0.5) is 5.82 Å². The average molecular weight is 341 g/mol. The molecule has 3 rings (SSSR count). The monoisotopic (exact) mass is 341 g/mol. The van der Waals surface area contributed by atoms with Crippen LogP contribution in [0.15, 0.2) is 42.6 Å². The molecule has 6 heteroatoms. The fraction of sp³-hybridized carbons (Fsp3) is 0.368. The van der Waals surface area contributed by atoms with E-state index in [1.807, 2.05) is 24.3 Å². The van der Waals surface area contributed by atoms with E-state index in [1.165, 1.54) is 0 Å². The molecule has 1 atom stereocenters. The number of hydrogen-bond donors (Lipinski definition) is 1. The minimum atomic E-state index is -0.432. The highest BCUT2D eigenvalue weighted by atomic mass is 16.5. The summed E-state index contributed by atoms with van der Waals surface area (Å²) in [6, 6.07) is 11.0. The molecule has 1 aliphatic heterocycles. The van der Waals surface area contributed by atoms with Gasteiger partial charge in [-0.1, -0.05) is 6.07 Å². The number of piperidine rings is 1. The summed E-state index contributed by atoms with van der Waals surface area (Å²) in [4.78, 5) is 17.9. The predicted molar refractivity (Wildman–Crippen MR) is 96.2 cm³/mol. The van der Waals surface area contributed by atoms with E-state index in [4.69, 9.17) is 15.2 Å². The number of amides is 1. The van der Waals surface area contributed by atoms with Crippen molar-refractivity contribution in [2.75, 3.05) is 31.7 Å². The molecule has 1 aromatic heterocycles. The number of benzene rings is 1. The van der Waals surface area contributed by atoms with Gasteiger partial charge in [-0.05, 0) is 37.1 Å². The number of nitrogens with two attached hydrogens (primary N) is 1. The third-order valence-electron chi connectivity index (χ3n) is 4.40. The van der Waals surface area contributed by atoms with Gasteiger partial charge < -0.3 is 20.1 Å². The topological polar surface area (TPSA) is 77.7 Å². The second-order valence-corrected chi connectivity index (χ2v) is 6.21. The first-order chi connectivity index (χ1) is 12.2. The standard InChI is InChI=1S/C19H23N3O3/c1-24-16-5-2-6-17(11-16)25-13-14-4-3-9-22(12-14)18-10-15(19(20)23)7-8-21-18/h2,5-8,10-11,14H,3-4,9,12-13H2,1H3,(H2,20,23). The Hall–Kier alpha value is -2.76. The zero-order chi connectivity index (χ0) is 17.6. The number of carbonyl (C=O) groups excluding carboxylic acids is 1. The van der Waals surface area contributed by atoms with Crippen molar-refractivity contribution in [3.05, 3.63) is 48.2 Å². The Bertz CT molecular complexity index is 735. The number of aromatic nitrogens is 1. The number of ether oxygens (including phenoxy) is 2. The molecule has 0 spiro atoms. The molecule has 2 N–H and O–H groups in total. The van der Waals surface area contributed by atoms with Gasteiger partial charge in [0.25, 0.3) is 0 Å². The Labute approximate surface area is 147 Å². The third-order valence-corrected chi connectivity index (χ3v) is 4.40. The first kappa shape index (κ1) is 17.1. The molecule has 25 heavy (non-hydrogen) atoms. The second-order valence-electron chi connectivity index (χ2n) is 6.21. The Kier molecular flexibility index (Phi) is 5.38. The third kappa shape index (κ3) is 4.41. The van der Waals surface area contributed by atoms with E-state index >= 15 is 0 Å². The number of hydrogen-bond acceptors (Lipinski definition) is 5. The largest absolute Gasteiger partial charge is 0.497 e. The van der Waals surface area contributed by atoms with Crippen LogP contribution in [0.1, 0.15) is 23.2 Å². The van der Waals surface area contributed by atoms with Gasteiger partial charge in [0.1, 0.15) is 17.3 Å². The van der Waals surface area contributed by atoms with Gasteiger partial charge in [-0.2, -0.15) is 0 Å². The first-order valence-corrected chi connectivity index (χ1v) is 8.43. The molecule has 0 aliphatic carbocycles. The maximum absolute atomic E-state index is 11.4. The van der Waals surface area contributed by atoms with Crippen LogP contribution >= 0.6 is 0 Å². The molecule has 1 saturated heterocycles. The number of anilines is 1. The van der Waals surface area contributed by atoms with Gasteiger partial charge in [-0.15, -0.1) is 0 Å². The summed E-state index contributed by atoms with van der Waals surface area (Å²) < 4.78 is 11.2. The molecule has 1 aliphatic rings. The summed E-state index contributed by atoms with van der Waals surface area (Å²) in [7, 11) is 1.64. The van der Waals surface area contributed by atoms with Crippen LogP contribution in [0.2, 0.25) is 0 Å². The number of pyridine rings is 1. The SMILES string of the molecule is COc1cccc(OCC2CCCN(c3cc(C(N)=O)ccn3)C2)c1. The molecular formula is C19H23N3O3. The Morgan fingerprint density at radius 2 is 2.16 bits per heavy atom. The van der Waals surface area contributed by atoms with Gasteiger partial charge >= 0.3 is 0 Å². The van der Waals surface area contributed by atoms with E-state index in [0.29, 0.717) is 18.1 Å². The fourth-order valence-corrected chi connectivity index (χ4v) is 3.06. The molecule has 6 nitrogen and oxygen atoms in total. The molecule has 2 aromatic rings. The zero-order valence-corrected chi connectivity index (χ0v) is 14.4. The van der Waals surface area contributed by atoms with Crippen LogP contribution in [-0.4, -0.2) is 37.7 Å². The number of primary amides is 1. The summed E-state index contributed by atoms with van der Waals surface area (Å²) in [5.41, 5.74) is 5.85. The van der Waals surface area contributed by atoms with Crippen LogP contribution < -0.4 is 20.1 Å². The molecule has 2 heterocycles. The van der Waals surface area contributed by atoms with Crippen LogP contribution in [0.3, 0.4) is 0 Å². The van der Waals surface area contributed by atoms with Crippen molar-refractivity contribution < 1.29 is 14.3 Å². The quantitative estimate of drug-likeness (QED) is 0.873. The average Bonchev–Trinajstić information content (AvgIpc) is 2.67. The van der Waals surface area contributed by atoms with Gasteiger partial charge in [0.2, 0.25) is 5.91 Å². The lowest BCUT2D eigenvalue weighted by molar-refractivity contribution is 0.1000. The summed E-state index contributed by atoms with van der Waals surface area (Å²) in [6.07, 6.45) is 3.80. The lowest BCUT2D eigenvalue weighted by atomic mass is 9.99. The van der Waals surface area contributed by atoms with Crippen LogP contribution in [0.25, 0.3) is 0 Å². The van der Waals surface area contributed by atoms with Crippen molar-refractivity contribution in [2.45, 2.75) is 12.8 Å². The highest BCUT2D eigenvalue weighted by molar-refractivity contribution is 5.93. The van der Waals surface area contributed by atoms with Gasteiger partial charge in [0.05, 0.1) is 13.7 Å². The van der Waals surface area contributed by atoms with Gasteiger partial charge in [0, 0.05) is 36.8 Å². The summed E-state index contributed by atoms with van der Waals surface area (Å²) in [5, 5.41) is 0. The number of rotatable bonds is 6. The van der Waals surface area contributed by atoms with Crippen LogP contribution in [-0.2, 0) is 0 Å². The highest BCUT2D eigenvalue weighted by Gasteiger charge is 2.22. The molecule has 1 aromatic carbocycles. The lowest BCUT2D eigenvalue weighted by Gasteiger charge is -2.33. The van der Waals surface area contributed by atoms with E-state index in [1.54, 1.807) is 25.4 Å². The Balaban J connectivity index is 1.61. The second kappa shape index (κ2) is 7.88. The van der Waals surface area contributed by atoms with Crippen LogP contribution in [0.5, 0.6) is 11.5 Å². The normalized spacial score (nSPS) is 17.2. The van der Waals surface area contributed by atoms with Crippen molar-refractivity contribution in [3.8, 4) is 11.5 Å². The minimum absolute atomic E-state index is 0.402. The van der Waals surface area contributed by atoms with E-state index in [0.717, 1.165) is 43.2 Å². The van der Waals surface area contributed by atoms with Gasteiger partial charge in [-0.3, -0.25) is 4.79 Å². The van der Waals surface area contributed by atoms with Crippen molar-refractivity contribution in [3.63, 3.8) is 0 Å². The fourth-order valence-electron chi connectivity index (χ4n) is 3.06. The van der Waals surface area contributed by atoms with Crippen LogP contribution in [0, 0.1) is 5.92 Å². The van der Waals surface area contributed by atoms with Crippen molar-refractivity contribution in [1.82, 2.24) is 4.98 Å². The van der Waals surface area contributed by atoms with E-state index < -0.39 is 5.91 Å². The molecule has 0 radical (unpaired) electrons. The Morgan fingerprint density at radius 1 is 1.32 bits per heavy atom. The Morgan fingerprint density at radius 3 is 2.96 bits per heavy atom. The smallest absolute Gasteiger partial charge is 0.248 e. The number of methoxy groups -OCH3 is 1. The maximum atomic E-state index is 11.4. The van der Waals surface area contributed by atoms with Crippen molar-refractivity contribution in [1.29, 1.82) is 0 Å². The molecule has 1 amide bonds. The highest BCUT2D eigenvalue weighted by Crippen LogP contribution is 2.24. The molecule has 1 fully saturated rings. The molecule has 132 valence electrons. The predicted octanol–water partition coefficient (Wildman–Crippen LogP) is 2.48. The van der Waals surface area contributed by atoms with Crippen molar-refractivity contribution in [2.24, 2.45) is 11.7 Å². The zero-order valence-electron chi connectivity index (χ0n) is 14.4.